The lowest BCUT2D eigenvalue weighted by Gasteiger charge is -2.05. The number of rotatable bonds is 3. The molecule has 0 saturated carbocycles. The van der Waals surface area contributed by atoms with Gasteiger partial charge in [-0.3, -0.25) is 4.99 Å². The lowest BCUT2D eigenvalue weighted by Crippen LogP contribution is -2.33. The maximum atomic E-state index is 5.31. The van der Waals surface area contributed by atoms with Crippen LogP contribution in [-0.4, -0.2) is 18.4 Å². The van der Waals surface area contributed by atoms with Crippen LogP contribution >= 0.6 is 0 Å². The molecule has 3 heteroatoms. The van der Waals surface area contributed by atoms with Gasteiger partial charge < -0.3 is 11.5 Å². The van der Waals surface area contributed by atoms with Crippen molar-refractivity contribution in [3.8, 4) is 0 Å². The predicted molar refractivity (Wildman–Crippen MR) is 45.0 cm³/mol. The Morgan fingerprint density at radius 1 is 1.40 bits per heavy atom. The standard InChI is InChI=1S/C7H17N3/c1-5(2)6(3)10-4-7(8)9/h5,7H,4,8-9H2,1-3H3. The first kappa shape index (κ1) is 9.59. The third-order valence-electron chi connectivity index (χ3n) is 1.39. The fourth-order valence-corrected chi connectivity index (χ4v) is 0.432. The van der Waals surface area contributed by atoms with Gasteiger partial charge in [-0.05, 0) is 12.8 Å². The van der Waals surface area contributed by atoms with Crippen LogP contribution in [0, 0.1) is 5.92 Å². The van der Waals surface area contributed by atoms with E-state index in [1.165, 1.54) is 0 Å². The molecule has 0 aliphatic rings. The molecule has 0 aliphatic carbocycles. The lowest BCUT2D eigenvalue weighted by atomic mass is 10.1. The molecular formula is C7H17N3. The van der Waals surface area contributed by atoms with Gasteiger partial charge in [0, 0.05) is 5.71 Å². The molecule has 0 unspecified atom stereocenters. The van der Waals surface area contributed by atoms with Crippen molar-refractivity contribution in [1.29, 1.82) is 0 Å². The summed E-state index contributed by atoms with van der Waals surface area (Å²) in [5, 5.41) is 0. The Morgan fingerprint density at radius 3 is 2.20 bits per heavy atom. The van der Waals surface area contributed by atoms with Gasteiger partial charge in [0.25, 0.3) is 0 Å². The van der Waals surface area contributed by atoms with E-state index in [1.807, 2.05) is 6.92 Å². The maximum Gasteiger partial charge on any atom is 0.0722 e. The quantitative estimate of drug-likeness (QED) is 0.442. The minimum absolute atomic E-state index is 0.311. The van der Waals surface area contributed by atoms with E-state index >= 15 is 0 Å². The molecule has 0 heterocycles. The molecule has 0 radical (unpaired) electrons. The van der Waals surface area contributed by atoms with Crippen LogP contribution in [0.3, 0.4) is 0 Å². The second kappa shape index (κ2) is 4.41. The highest BCUT2D eigenvalue weighted by molar-refractivity contribution is 5.83. The molecule has 0 aromatic rings. The second-order valence-corrected chi connectivity index (χ2v) is 2.80. The van der Waals surface area contributed by atoms with Crippen LogP contribution in [0.25, 0.3) is 0 Å². The van der Waals surface area contributed by atoms with Crippen molar-refractivity contribution in [1.82, 2.24) is 0 Å². The highest BCUT2D eigenvalue weighted by Gasteiger charge is 1.97. The van der Waals surface area contributed by atoms with Gasteiger partial charge in [-0.25, -0.2) is 0 Å². The van der Waals surface area contributed by atoms with E-state index < -0.39 is 0 Å². The fraction of sp³-hybridized carbons (Fsp3) is 0.857. The monoisotopic (exact) mass is 143 g/mol. The van der Waals surface area contributed by atoms with Gasteiger partial charge in [-0.15, -0.1) is 0 Å². The number of hydrogen-bond donors (Lipinski definition) is 2. The zero-order chi connectivity index (χ0) is 8.15. The van der Waals surface area contributed by atoms with Crippen LogP contribution in [0.1, 0.15) is 20.8 Å². The first-order valence-corrected chi connectivity index (χ1v) is 3.56. The Kier molecular flexibility index (Phi) is 4.23. The molecule has 0 aromatic heterocycles. The van der Waals surface area contributed by atoms with Gasteiger partial charge in [-0.2, -0.15) is 0 Å². The van der Waals surface area contributed by atoms with Gasteiger partial charge in [0.15, 0.2) is 0 Å². The van der Waals surface area contributed by atoms with Crippen LogP contribution < -0.4 is 11.5 Å². The number of aliphatic imine (C=N–C) groups is 1. The topological polar surface area (TPSA) is 64.4 Å². The summed E-state index contributed by atoms with van der Waals surface area (Å²) in [5.41, 5.74) is 11.7. The average Bonchev–Trinajstić information content (AvgIpc) is 1.82. The Balaban J connectivity index is 3.69. The zero-order valence-electron chi connectivity index (χ0n) is 6.96. The van der Waals surface area contributed by atoms with Gasteiger partial charge >= 0.3 is 0 Å². The number of nitrogens with zero attached hydrogens (tertiary/aromatic N) is 1. The third-order valence-corrected chi connectivity index (χ3v) is 1.39. The third kappa shape index (κ3) is 4.47. The molecule has 0 aromatic carbocycles. The van der Waals surface area contributed by atoms with Crippen molar-refractivity contribution >= 4 is 5.71 Å². The van der Waals surface area contributed by atoms with Crippen molar-refractivity contribution in [2.45, 2.75) is 26.9 Å². The Morgan fingerprint density at radius 2 is 1.90 bits per heavy atom. The SMILES string of the molecule is CC(=NCC(N)N)C(C)C. The molecule has 0 rings (SSSR count). The summed E-state index contributed by atoms with van der Waals surface area (Å²) in [6, 6.07) is 0. The summed E-state index contributed by atoms with van der Waals surface area (Å²) in [4.78, 5) is 4.19. The molecule has 0 saturated heterocycles. The first-order chi connectivity index (χ1) is 4.54. The minimum atomic E-state index is -0.311. The van der Waals surface area contributed by atoms with Crippen LogP contribution in [0.2, 0.25) is 0 Å². The Hall–Kier alpha value is -0.410. The largest absolute Gasteiger partial charge is 0.315 e. The second-order valence-electron chi connectivity index (χ2n) is 2.80. The van der Waals surface area contributed by atoms with Crippen LogP contribution in [0.15, 0.2) is 4.99 Å². The highest BCUT2D eigenvalue weighted by atomic mass is 14.9. The van der Waals surface area contributed by atoms with Crippen molar-refractivity contribution in [3.63, 3.8) is 0 Å². The van der Waals surface area contributed by atoms with Crippen molar-refractivity contribution < 1.29 is 0 Å². The molecular weight excluding hydrogens is 126 g/mol. The summed E-state index contributed by atoms with van der Waals surface area (Å²) in [7, 11) is 0. The van der Waals surface area contributed by atoms with E-state index in [9.17, 15) is 0 Å². The van der Waals surface area contributed by atoms with Crippen molar-refractivity contribution in [3.05, 3.63) is 0 Å². The Bertz CT molecular complexity index is 116. The molecule has 0 aliphatic heterocycles. The van der Waals surface area contributed by atoms with Crippen LogP contribution in [0.4, 0.5) is 0 Å². The van der Waals surface area contributed by atoms with Crippen LogP contribution in [-0.2, 0) is 0 Å². The normalized spacial score (nSPS) is 13.3. The Labute approximate surface area is 62.5 Å². The minimum Gasteiger partial charge on any atom is -0.315 e. The molecule has 10 heavy (non-hydrogen) atoms. The molecule has 0 bridgehead atoms. The van der Waals surface area contributed by atoms with E-state index in [2.05, 4.69) is 18.8 Å². The number of nitrogens with two attached hydrogens (primary N) is 2. The molecule has 60 valence electrons. The fourth-order valence-electron chi connectivity index (χ4n) is 0.432. The first-order valence-electron chi connectivity index (χ1n) is 3.56. The zero-order valence-corrected chi connectivity index (χ0v) is 6.96. The van der Waals surface area contributed by atoms with Gasteiger partial charge in [0.05, 0.1) is 12.7 Å². The smallest absolute Gasteiger partial charge is 0.0722 e. The molecule has 3 nitrogen and oxygen atoms in total. The molecule has 0 fully saturated rings. The van der Waals surface area contributed by atoms with Crippen molar-refractivity contribution in [2.24, 2.45) is 22.4 Å². The van der Waals surface area contributed by atoms with Gasteiger partial charge in [0.1, 0.15) is 0 Å². The van der Waals surface area contributed by atoms with E-state index in [-0.39, 0.29) is 6.17 Å². The summed E-state index contributed by atoms with van der Waals surface area (Å²) in [5.74, 6) is 0.499. The summed E-state index contributed by atoms with van der Waals surface area (Å²) in [6.45, 7) is 6.72. The van der Waals surface area contributed by atoms with Crippen molar-refractivity contribution in [2.75, 3.05) is 6.54 Å². The predicted octanol–water partition coefficient (Wildman–Crippen LogP) is 0.347. The summed E-state index contributed by atoms with van der Waals surface area (Å²) < 4.78 is 0. The summed E-state index contributed by atoms with van der Waals surface area (Å²) in [6.07, 6.45) is -0.311. The van der Waals surface area contributed by atoms with Gasteiger partial charge in [-0.1, -0.05) is 13.8 Å². The van der Waals surface area contributed by atoms with E-state index in [4.69, 9.17) is 11.5 Å². The van der Waals surface area contributed by atoms with Crippen LogP contribution in [0.5, 0.6) is 0 Å². The molecule has 0 atom stereocenters. The van der Waals surface area contributed by atoms with E-state index in [1.54, 1.807) is 0 Å². The van der Waals surface area contributed by atoms with Gasteiger partial charge in [0.2, 0.25) is 0 Å². The molecule has 0 spiro atoms. The average molecular weight is 143 g/mol. The molecule has 4 N–H and O–H groups in total. The van der Waals surface area contributed by atoms with E-state index in [0.717, 1.165) is 5.71 Å². The lowest BCUT2D eigenvalue weighted by molar-refractivity contribution is 0.711. The molecule has 0 amide bonds. The number of hydrogen-bond acceptors (Lipinski definition) is 3. The highest BCUT2D eigenvalue weighted by Crippen LogP contribution is 1.95. The maximum absolute atomic E-state index is 5.31. The van der Waals surface area contributed by atoms with E-state index in [0.29, 0.717) is 12.5 Å². The summed E-state index contributed by atoms with van der Waals surface area (Å²) >= 11 is 0.